The summed E-state index contributed by atoms with van der Waals surface area (Å²) in [6.07, 6.45) is 3.61. The van der Waals surface area contributed by atoms with E-state index >= 15 is 0 Å². The number of hydrogen-bond acceptors (Lipinski definition) is 4. The summed E-state index contributed by atoms with van der Waals surface area (Å²) in [5.41, 5.74) is 1.53. The third kappa shape index (κ3) is 2.55. The van der Waals surface area contributed by atoms with Crippen LogP contribution in [0.4, 0.5) is 5.69 Å². The van der Waals surface area contributed by atoms with Crippen LogP contribution in [0.2, 0.25) is 0 Å². The van der Waals surface area contributed by atoms with Gasteiger partial charge in [-0.05, 0) is 50.4 Å². The lowest BCUT2D eigenvalue weighted by Crippen LogP contribution is -2.33. The average molecular weight is 295 g/mol. The molecule has 2 saturated heterocycles. The summed E-state index contributed by atoms with van der Waals surface area (Å²) in [7, 11) is -3.66. The maximum absolute atomic E-state index is 11.6. The molecule has 20 heavy (non-hydrogen) atoms. The third-order valence-electron chi connectivity index (χ3n) is 4.45. The molecule has 3 rings (SSSR count). The molecule has 0 radical (unpaired) electrons. The summed E-state index contributed by atoms with van der Waals surface area (Å²) in [4.78, 5) is 2.73. The molecule has 2 fully saturated rings. The van der Waals surface area contributed by atoms with Crippen molar-refractivity contribution in [3.8, 4) is 0 Å². The summed E-state index contributed by atoms with van der Waals surface area (Å²) in [5, 5.41) is 8.75. The lowest BCUT2D eigenvalue weighted by Gasteiger charge is -2.22. The molecule has 0 aliphatic carbocycles. The zero-order chi connectivity index (χ0) is 14.3. The Morgan fingerprint density at radius 3 is 2.85 bits per heavy atom. The molecule has 0 bridgehead atoms. The number of aryl methyl sites for hydroxylation is 1. The number of nitrogens with zero attached hydrogens (tertiary/aromatic N) is 1. The van der Waals surface area contributed by atoms with Crippen molar-refractivity contribution in [2.45, 2.75) is 43.2 Å². The summed E-state index contributed by atoms with van der Waals surface area (Å²) in [5.74, 6) is 0. The molecular weight excluding hydrogens is 274 g/mol. The number of anilines is 1. The van der Waals surface area contributed by atoms with Crippen LogP contribution in [-0.2, 0) is 10.0 Å². The standard InChI is InChI=1S/C14H21N3O2S/c1-10-4-5-11(9-14(10)20(15,18)19)16-12-6-8-17-7-2-3-13(12)17/h4-5,9,12-13,16H,2-3,6-8H2,1H3,(H2,15,18,19). The normalized spacial score (nSPS) is 26.7. The van der Waals surface area contributed by atoms with E-state index in [1.165, 1.54) is 19.4 Å². The first kappa shape index (κ1) is 13.9. The quantitative estimate of drug-likeness (QED) is 0.881. The monoisotopic (exact) mass is 295 g/mol. The van der Waals surface area contributed by atoms with Crippen LogP contribution < -0.4 is 10.5 Å². The summed E-state index contributed by atoms with van der Waals surface area (Å²) in [6, 6.07) is 6.40. The molecule has 2 unspecified atom stereocenters. The van der Waals surface area contributed by atoms with E-state index < -0.39 is 10.0 Å². The second kappa shape index (κ2) is 5.02. The molecule has 2 aliphatic heterocycles. The largest absolute Gasteiger partial charge is 0.381 e. The number of hydrogen-bond donors (Lipinski definition) is 2. The predicted octanol–water partition coefficient (Wildman–Crippen LogP) is 1.29. The molecule has 6 heteroatoms. The minimum Gasteiger partial charge on any atom is -0.381 e. The fraction of sp³-hybridized carbons (Fsp3) is 0.571. The number of fused-ring (bicyclic) bond motifs is 1. The Hall–Kier alpha value is -1.11. The molecule has 2 heterocycles. The van der Waals surface area contributed by atoms with Gasteiger partial charge in [0, 0.05) is 24.3 Å². The van der Waals surface area contributed by atoms with E-state index in [1.807, 2.05) is 12.1 Å². The molecule has 0 amide bonds. The molecule has 0 aromatic heterocycles. The van der Waals surface area contributed by atoms with E-state index in [1.54, 1.807) is 13.0 Å². The van der Waals surface area contributed by atoms with E-state index in [0.29, 0.717) is 17.6 Å². The zero-order valence-electron chi connectivity index (χ0n) is 11.7. The van der Waals surface area contributed by atoms with E-state index in [0.717, 1.165) is 18.7 Å². The Bertz CT molecular complexity index is 615. The van der Waals surface area contributed by atoms with Crippen molar-refractivity contribution in [2.24, 2.45) is 5.14 Å². The lowest BCUT2D eigenvalue weighted by atomic mass is 10.1. The second-order valence-electron chi connectivity index (χ2n) is 5.81. The number of sulfonamides is 1. The number of benzene rings is 1. The van der Waals surface area contributed by atoms with Gasteiger partial charge < -0.3 is 5.32 Å². The second-order valence-corrected chi connectivity index (χ2v) is 7.34. The zero-order valence-corrected chi connectivity index (χ0v) is 12.5. The average Bonchev–Trinajstić information content (AvgIpc) is 2.95. The first-order valence-electron chi connectivity index (χ1n) is 7.09. The van der Waals surface area contributed by atoms with E-state index in [2.05, 4.69) is 10.2 Å². The summed E-state index contributed by atoms with van der Waals surface area (Å²) >= 11 is 0. The predicted molar refractivity (Wildman–Crippen MR) is 79.2 cm³/mol. The van der Waals surface area contributed by atoms with Crippen LogP contribution in [0.3, 0.4) is 0 Å². The first-order valence-corrected chi connectivity index (χ1v) is 8.64. The lowest BCUT2D eigenvalue weighted by molar-refractivity contribution is 0.318. The van der Waals surface area contributed by atoms with Gasteiger partial charge in [-0.15, -0.1) is 0 Å². The first-order chi connectivity index (χ1) is 9.45. The molecule has 110 valence electrons. The number of primary sulfonamides is 1. The molecule has 2 aliphatic rings. The number of rotatable bonds is 3. The molecule has 1 aromatic rings. The maximum atomic E-state index is 11.6. The SMILES string of the molecule is Cc1ccc(NC2CCN3CCCC23)cc1S(N)(=O)=O. The van der Waals surface area contributed by atoms with Crippen molar-refractivity contribution in [3.63, 3.8) is 0 Å². The third-order valence-corrected chi connectivity index (χ3v) is 5.51. The fourth-order valence-corrected chi connectivity index (χ4v) is 4.27. The minimum absolute atomic E-state index is 0.212. The number of nitrogens with one attached hydrogen (secondary N) is 1. The van der Waals surface area contributed by atoms with Crippen molar-refractivity contribution >= 4 is 15.7 Å². The van der Waals surface area contributed by atoms with Crippen molar-refractivity contribution < 1.29 is 8.42 Å². The van der Waals surface area contributed by atoms with Crippen molar-refractivity contribution in [1.82, 2.24) is 4.90 Å². The minimum atomic E-state index is -3.66. The highest BCUT2D eigenvalue weighted by Crippen LogP contribution is 2.30. The fourth-order valence-electron chi connectivity index (χ4n) is 3.46. The van der Waals surface area contributed by atoms with Crippen LogP contribution in [0.1, 0.15) is 24.8 Å². The Labute approximate surface area is 120 Å². The van der Waals surface area contributed by atoms with E-state index in [4.69, 9.17) is 5.14 Å². The van der Waals surface area contributed by atoms with Gasteiger partial charge in [-0.3, -0.25) is 4.90 Å². The van der Waals surface area contributed by atoms with E-state index in [9.17, 15) is 8.42 Å². The highest BCUT2D eigenvalue weighted by atomic mass is 32.2. The van der Waals surface area contributed by atoms with Crippen molar-refractivity contribution in [2.75, 3.05) is 18.4 Å². The van der Waals surface area contributed by atoms with Gasteiger partial charge in [0.2, 0.25) is 10.0 Å². The van der Waals surface area contributed by atoms with Crippen LogP contribution in [0.25, 0.3) is 0 Å². The van der Waals surface area contributed by atoms with Crippen LogP contribution in [0, 0.1) is 6.92 Å². The molecule has 1 aromatic carbocycles. The van der Waals surface area contributed by atoms with Gasteiger partial charge in [-0.1, -0.05) is 6.07 Å². The summed E-state index contributed by atoms with van der Waals surface area (Å²) < 4.78 is 23.1. The smallest absolute Gasteiger partial charge is 0.238 e. The Morgan fingerprint density at radius 2 is 2.10 bits per heavy atom. The molecule has 0 spiro atoms. The Kier molecular flexibility index (Phi) is 3.48. The van der Waals surface area contributed by atoms with Gasteiger partial charge in [-0.2, -0.15) is 0 Å². The van der Waals surface area contributed by atoms with Crippen LogP contribution in [0.15, 0.2) is 23.1 Å². The van der Waals surface area contributed by atoms with Crippen LogP contribution in [-0.4, -0.2) is 38.5 Å². The van der Waals surface area contributed by atoms with Crippen LogP contribution in [0.5, 0.6) is 0 Å². The van der Waals surface area contributed by atoms with Gasteiger partial charge in [0.15, 0.2) is 0 Å². The van der Waals surface area contributed by atoms with Crippen molar-refractivity contribution in [3.05, 3.63) is 23.8 Å². The molecule has 3 N–H and O–H groups in total. The van der Waals surface area contributed by atoms with Crippen LogP contribution >= 0.6 is 0 Å². The summed E-state index contributed by atoms with van der Waals surface area (Å²) in [6.45, 7) is 4.09. The van der Waals surface area contributed by atoms with Gasteiger partial charge in [-0.25, -0.2) is 13.6 Å². The Balaban J connectivity index is 1.81. The van der Waals surface area contributed by atoms with Gasteiger partial charge in [0.05, 0.1) is 4.90 Å². The maximum Gasteiger partial charge on any atom is 0.238 e. The highest BCUT2D eigenvalue weighted by molar-refractivity contribution is 7.89. The van der Waals surface area contributed by atoms with E-state index in [-0.39, 0.29) is 4.90 Å². The highest BCUT2D eigenvalue weighted by Gasteiger charge is 2.37. The Morgan fingerprint density at radius 1 is 1.30 bits per heavy atom. The molecule has 2 atom stereocenters. The van der Waals surface area contributed by atoms with Gasteiger partial charge >= 0.3 is 0 Å². The van der Waals surface area contributed by atoms with Gasteiger partial charge in [0.25, 0.3) is 0 Å². The molecule has 0 saturated carbocycles. The molecule has 5 nitrogen and oxygen atoms in total. The van der Waals surface area contributed by atoms with Gasteiger partial charge in [0.1, 0.15) is 0 Å². The number of nitrogens with two attached hydrogens (primary N) is 1. The molecular formula is C14H21N3O2S. The van der Waals surface area contributed by atoms with Crippen molar-refractivity contribution in [1.29, 1.82) is 0 Å². The topological polar surface area (TPSA) is 75.4 Å².